The van der Waals surface area contributed by atoms with E-state index in [1.54, 1.807) is 30.6 Å². The number of phenolic OH excluding ortho intramolecular Hbond substituents is 1. The normalized spacial score (nSPS) is 20.4. The summed E-state index contributed by atoms with van der Waals surface area (Å²) in [6.07, 6.45) is 5.93. The Kier molecular flexibility index (Phi) is 4.42. The zero-order chi connectivity index (χ0) is 20.7. The van der Waals surface area contributed by atoms with E-state index in [4.69, 9.17) is 5.73 Å². The molecule has 0 spiro atoms. The molecule has 1 aromatic carbocycles. The average molecular weight is 403 g/mol. The Balaban J connectivity index is 1.43. The molecule has 2 bridgehead atoms. The zero-order valence-electron chi connectivity index (χ0n) is 16.2. The zero-order valence-corrected chi connectivity index (χ0v) is 16.2. The van der Waals surface area contributed by atoms with Crippen molar-refractivity contribution < 1.29 is 9.90 Å². The Morgan fingerprint density at radius 2 is 1.77 bits per heavy atom. The number of nitrogens with two attached hydrogens (primary N) is 1. The molecule has 0 amide bonds. The van der Waals surface area contributed by atoms with Crippen LogP contribution in [0.4, 0.5) is 17.5 Å². The van der Waals surface area contributed by atoms with E-state index in [1.807, 2.05) is 12.1 Å². The van der Waals surface area contributed by atoms with Gasteiger partial charge in [0.15, 0.2) is 12.1 Å². The number of nitrogen functional groups attached to an aromatic ring is 1. The first-order chi connectivity index (χ1) is 14.6. The second-order valence-corrected chi connectivity index (χ2v) is 7.65. The van der Waals surface area contributed by atoms with Gasteiger partial charge in [-0.3, -0.25) is 4.79 Å². The van der Waals surface area contributed by atoms with Crippen molar-refractivity contribution in [1.29, 1.82) is 0 Å². The highest BCUT2D eigenvalue weighted by Gasteiger charge is 2.42. The molecule has 2 fully saturated rings. The number of rotatable bonds is 4. The van der Waals surface area contributed by atoms with E-state index in [9.17, 15) is 9.90 Å². The molecule has 3 aromatic rings. The van der Waals surface area contributed by atoms with Gasteiger partial charge in [-0.1, -0.05) is 12.1 Å². The van der Waals surface area contributed by atoms with Gasteiger partial charge in [0.25, 0.3) is 0 Å². The fourth-order valence-electron chi connectivity index (χ4n) is 4.42. The predicted octanol–water partition coefficient (Wildman–Crippen LogP) is 1.89. The molecule has 2 unspecified atom stereocenters. The van der Waals surface area contributed by atoms with Gasteiger partial charge >= 0.3 is 0 Å². The molecule has 3 N–H and O–H groups in total. The van der Waals surface area contributed by atoms with Crippen LogP contribution in [0.5, 0.6) is 5.75 Å². The molecule has 2 aromatic heterocycles. The number of hydrogen-bond donors (Lipinski definition) is 2. The number of piperazine rings is 1. The largest absolute Gasteiger partial charge is 0.507 e. The highest BCUT2D eigenvalue weighted by atomic mass is 16.3. The van der Waals surface area contributed by atoms with Gasteiger partial charge in [0.2, 0.25) is 5.95 Å². The molecule has 2 aliphatic heterocycles. The maximum Gasteiger partial charge on any atom is 0.225 e. The van der Waals surface area contributed by atoms with Crippen LogP contribution in [-0.2, 0) is 0 Å². The molecule has 2 atom stereocenters. The van der Waals surface area contributed by atoms with Crippen molar-refractivity contribution >= 4 is 23.7 Å². The molecule has 2 saturated heterocycles. The lowest BCUT2D eigenvalue weighted by Crippen LogP contribution is -2.54. The van der Waals surface area contributed by atoms with Crippen LogP contribution in [0.1, 0.15) is 23.2 Å². The molecule has 0 aliphatic carbocycles. The van der Waals surface area contributed by atoms with Crippen LogP contribution < -0.4 is 15.5 Å². The summed E-state index contributed by atoms with van der Waals surface area (Å²) in [6.45, 7) is 1.51. The highest BCUT2D eigenvalue weighted by Crippen LogP contribution is 2.37. The number of aromatic nitrogens is 4. The first-order valence-corrected chi connectivity index (χ1v) is 9.86. The third-order valence-corrected chi connectivity index (χ3v) is 5.83. The molecular formula is C21H21N7O2. The van der Waals surface area contributed by atoms with Gasteiger partial charge in [0, 0.05) is 43.1 Å². The Bertz CT molecular complexity index is 1070. The van der Waals surface area contributed by atoms with Gasteiger partial charge in [-0.2, -0.15) is 0 Å². The lowest BCUT2D eigenvalue weighted by atomic mass is 10.1. The smallest absolute Gasteiger partial charge is 0.225 e. The minimum absolute atomic E-state index is 0.156. The predicted molar refractivity (Wildman–Crippen MR) is 112 cm³/mol. The standard InChI is InChI=1S/C21H21N7O2/c22-20-18(7-17(25-26-20)16-3-1-2-4-19(16)30)27-10-14-5-6-15(11-27)28(14)21-23-8-13(12-29)9-24-21/h1-4,7-9,12,14-15,30H,5-6,10-11H2,(H2,22,26). The molecule has 30 heavy (non-hydrogen) atoms. The van der Waals surface area contributed by atoms with Gasteiger partial charge in [-0.05, 0) is 31.0 Å². The van der Waals surface area contributed by atoms with E-state index in [-0.39, 0.29) is 17.8 Å². The Labute approximate surface area is 173 Å². The van der Waals surface area contributed by atoms with Gasteiger partial charge in [0.05, 0.1) is 16.9 Å². The second kappa shape index (κ2) is 7.25. The van der Waals surface area contributed by atoms with Crippen LogP contribution >= 0.6 is 0 Å². The number of carbonyl (C=O) groups excluding carboxylic acids is 1. The van der Waals surface area contributed by atoms with Crippen LogP contribution in [0.15, 0.2) is 42.7 Å². The Hall–Kier alpha value is -3.75. The Morgan fingerprint density at radius 1 is 1.07 bits per heavy atom. The average Bonchev–Trinajstić information content (AvgIpc) is 3.04. The summed E-state index contributed by atoms with van der Waals surface area (Å²) < 4.78 is 0. The SMILES string of the molecule is Nc1nnc(-c2ccccc2O)cc1N1CC2CCC(C1)N2c1ncc(C=O)cn1. The highest BCUT2D eigenvalue weighted by molar-refractivity contribution is 5.75. The summed E-state index contributed by atoms with van der Waals surface area (Å²) in [5.74, 6) is 1.18. The number of fused-ring (bicyclic) bond motifs is 2. The number of hydrogen-bond acceptors (Lipinski definition) is 9. The number of nitrogens with zero attached hydrogens (tertiary/aromatic N) is 6. The second-order valence-electron chi connectivity index (χ2n) is 7.65. The van der Waals surface area contributed by atoms with Crippen molar-refractivity contribution in [2.24, 2.45) is 0 Å². The molecule has 4 heterocycles. The van der Waals surface area contributed by atoms with Crippen molar-refractivity contribution in [2.75, 3.05) is 28.6 Å². The summed E-state index contributed by atoms with van der Waals surface area (Å²) in [7, 11) is 0. The maximum atomic E-state index is 10.9. The number of benzene rings is 1. The summed E-state index contributed by atoms with van der Waals surface area (Å²) in [6, 6.07) is 9.43. The van der Waals surface area contributed by atoms with Gasteiger partial charge < -0.3 is 20.6 Å². The molecule has 0 saturated carbocycles. The van der Waals surface area contributed by atoms with Crippen LogP contribution in [0.3, 0.4) is 0 Å². The fourth-order valence-corrected chi connectivity index (χ4v) is 4.42. The molecule has 9 heteroatoms. The van der Waals surface area contributed by atoms with Crippen molar-refractivity contribution in [3.63, 3.8) is 0 Å². The number of aromatic hydroxyl groups is 1. The monoisotopic (exact) mass is 403 g/mol. The molecule has 152 valence electrons. The minimum atomic E-state index is 0.156. The molecule has 2 aliphatic rings. The third kappa shape index (κ3) is 3.08. The summed E-state index contributed by atoms with van der Waals surface area (Å²) in [4.78, 5) is 24.1. The van der Waals surface area contributed by atoms with Gasteiger partial charge in [-0.25, -0.2) is 9.97 Å². The van der Waals surface area contributed by atoms with Gasteiger partial charge in [0.1, 0.15) is 5.75 Å². The maximum absolute atomic E-state index is 10.9. The van der Waals surface area contributed by atoms with E-state index in [0.717, 1.165) is 37.9 Å². The lowest BCUT2D eigenvalue weighted by Gasteiger charge is -2.42. The first-order valence-electron chi connectivity index (χ1n) is 9.86. The van der Waals surface area contributed by atoms with Crippen molar-refractivity contribution in [2.45, 2.75) is 24.9 Å². The number of phenols is 1. The van der Waals surface area contributed by atoms with E-state index >= 15 is 0 Å². The number of para-hydroxylation sites is 1. The van der Waals surface area contributed by atoms with Crippen molar-refractivity contribution in [3.05, 3.63) is 48.3 Å². The van der Waals surface area contributed by atoms with E-state index in [0.29, 0.717) is 28.6 Å². The van der Waals surface area contributed by atoms with E-state index in [1.165, 1.54) is 0 Å². The molecule has 9 nitrogen and oxygen atoms in total. The first kappa shape index (κ1) is 18.3. The lowest BCUT2D eigenvalue weighted by molar-refractivity contribution is 0.112. The number of carbonyl (C=O) groups is 1. The Morgan fingerprint density at radius 3 is 2.43 bits per heavy atom. The van der Waals surface area contributed by atoms with E-state index < -0.39 is 0 Å². The summed E-state index contributed by atoms with van der Waals surface area (Å²) in [5, 5.41) is 18.5. The number of aldehydes is 1. The van der Waals surface area contributed by atoms with Gasteiger partial charge in [-0.15, -0.1) is 10.2 Å². The quantitative estimate of drug-likeness (QED) is 0.629. The molecule has 0 radical (unpaired) electrons. The minimum Gasteiger partial charge on any atom is -0.507 e. The van der Waals surface area contributed by atoms with Crippen molar-refractivity contribution in [3.8, 4) is 17.0 Å². The van der Waals surface area contributed by atoms with E-state index in [2.05, 4.69) is 30.0 Å². The molecular weight excluding hydrogens is 382 g/mol. The van der Waals surface area contributed by atoms with Crippen LogP contribution in [0.25, 0.3) is 11.3 Å². The summed E-state index contributed by atoms with van der Waals surface area (Å²) >= 11 is 0. The summed E-state index contributed by atoms with van der Waals surface area (Å²) in [5.41, 5.74) is 8.67. The van der Waals surface area contributed by atoms with Crippen LogP contribution in [0, 0.1) is 0 Å². The fraction of sp³-hybridized carbons (Fsp3) is 0.286. The third-order valence-electron chi connectivity index (χ3n) is 5.83. The van der Waals surface area contributed by atoms with Crippen LogP contribution in [0.2, 0.25) is 0 Å². The number of anilines is 3. The van der Waals surface area contributed by atoms with Crippen molar-refractivity contribution in [1.82, 2.24) is 20.2 Å². The molecule has 5 rings (SSSR count). The van der Waals surface area contributed by atoms with Crippen LogP contribution in [-0.4, -0.2) is 56.7 Å². The topological polar surface area (TPSA) is 121 Å².